The minimum Gasteiger partial charge on any atom is -0.370 e. The maximum Gasteiger partial charge on any atom is 0.251 e. The van der Waals surface area contributed by atoms with Crippen molar-refractivity contribution in [3.8, 4) is 0 Å². The molecule has 1 aromatic rings. The number of hydrogen-bond donors (Lipinski definition) is 2. The molecular formula is C16H27N3O. The molecule has 20 heavy (non-hydrogen) atoms. The van der Waals surface area contributed by atoms with Gasteiger partial charge in [0.1, 0.15) is 5.82 Å². The number of aryl methyl sites for hydroxylation is 1. The predicted octanol–water partition coefficient (Wildman–Crippen LogP) is 3.52. The number of aromatic nitrogens is 1. The first-order chi connectivity index (χ1) is 9.67. The molecule has 0 fully saturated rings. The van der Waals surface area contributed by atoms with E-state index < -0.39 is 0 Å². The van der Waals surface area contributed by atoms with E-state index in [0.29, 0.717) is 5.56 Å². The van der Waals surface area contributed by atoms with Crippen LogP contribution in [0.4, 0.5) is 5.82 Å². The standard InChI is InChI=1S/C16H27N3O/c1-4-6-7-8-10-18-16(20)14-11-13(3)19-15(12-14)17-9-5-2/h11-12H,4-10H2,1-3H3,(H,17,19)(H,18,20). The van der Waals surface area contributed by atoms with E-state index in [1.165, 1.54) is 19.3 Å². The van der Waals surface area contributed by atoms with Crippen LogP contribution in [0.3, 0.4) is 0 Å². The summed E-state index contributed by atoms with van der Waals surface area (Å²) in [5.74, 6) is 0.773. The van der Waals surface area contributed by atoms with E-state index in [2.05, 4.69) is 29.5 Å². The van der Waals surface area contributed by atoms with Crippen molar-refractivity contribution in [2.75, 3.05) is 18.4 Å². The van der Waals surface area contributed by atoms with Gasteiger partial charge in [-0.05, 0) is 31.9 Å². The van der Waals surface area contributed by atoms with Crippen molar-refractivity contribution in [1.29, 1.82) is 0 Å². The molecule has 1 amide bonds. The average Bonchev–Trinajstić information content (AvgIpc) is 2.44. The number of unbranched alkanes of at least 4 members (excludes halogenated alkanes) is 3. The SMILES string of the molecule is CCCCCCNC(=O)c1cc(C)nc(NCCC)c1. The Labute approximate surface area is 122 Å². The second kappa shape index (κ2) is 9.34. The van der Waals surface area contributed by atoms with Crippen LogP contribution < -0.4 is 10.6 Å². The molecular weight excluding hydrogens is 250 g/mol. The van der Waals surface area contributed by atoms with Crippen molar-refractivity contribution >= 4 is 11.7 Å². The second-order valence-corrected chi connectivity index (χ2v) is 5.13. The molecule has 0 aromatic carbocycles. The molecule has 1 aromatic heterocycles. The first-order valence-electron chi connectivity index (χ1n) is 7.68. The summed E-state index contributed by atoms with van der Waals surface area (Å²) in [5.41, 5.74) is 1.55. The van der Waals surface area contributed by atoms with Crippen LogP contribution in [-0.4, -0.2) is 24.0 Å². The normalized spacial score (nSPS) is 10.3. The van der Waals surface area contributed by atoms with Gasteiger partial charge in [0.25, 0.3) is 5.91 Å². The Hall–Kier alpha value is -1.58. The highest BCUT2D eigenvalue weighted by Crippen LogP contribution is 2.10. The Bertz CT molecular complexity index is 418. The molecule has 0 saturated carbocycles. The van der Waals surface area contributed by atoms with Crippen LogP contribution >= 0.6 is 0 Å². The van der Waals surface area contributed by atoms with E-state index in [1.54, 1.807) is 0 Å². The maximum atomic E-state index is 12.1. The van der Waals surface area contributed by atoms with Gasteiger partial charge >= 0.3 is 0 Å². The summed E-state index contributed by atoms with van der Waals surface area (Å²) >= 11 is 0. The van der Waals surface area contributed by atoms with Crippen LogP contribution in [0.1, 0.15) is 62.0 Å². The molecule has 0 saturated heterocycles. The fraction of sp³-hybridized carbons (Fsp3) is 0.625. The minimum atomic E-state index is -0.00783. The highest BCUT2D eigenvalue weighted by molar-refractivity contribution is 5.94. The van der Waals surface area contributed by atoms with Gasteiger partial charge in [-0.3, -0.25) is 4.79 Å². The monoisotopic (exact) mass is 277 g/mol. The molecule has 0 spiro atoms. The molecule has 4 nitrogen and oxygen atoms in total. The number of nitrogens with zero attached hydrogens (tertiary/aromatic N) is 1. The Morgan fingerprint density at radius 1 is 1.10 bits per heavy atom. The molecule has 0 atom stereocenters. The van der Waals surface area contributed by atoms with Gasteiger partial charge in [0.2, 0.25) is 0 Å². The van der Waals surface area contributed by atoms with Crippen molar-refractivity contribution < 1.29 is 4.79 Å². The summed E-state index contributed by atoms with van der Waals surface area (Å²) in [4.78, 5) is 16.5. The zero-order valence-corrected chi connectivity index (χ0v) is 13.0. The Kier molecular flexibility index (Phi) is 7.70. The number of hydrogen-bond acceptors (Lipinski definition) is 3. The van der Waals surface area contributed by atoms with Gasteiger partial charge in [-0.25, -0.2) is 4.98 Å². The molecule has 112 valence electrons. The molecule has 0 aliphatic rings. The molecule has 1 rings (SSSR count). The van der Waals surface area contributed by atoms with Crippen LogP contribution in [0, 0.1) is 6.92 Å². The zero-order chi connectivity index (χ0) is 14.8. The average molecular weight is 277 g/mol. The summed E-state index contributed by atoms with van der Waals surface area (Å²) in [6.45, 7) is 7.82. The van der Waals surface area contributed by atoms with E-state index >= 15 is 0 Å². The molecule has 0 bridgehead atoms. The lowest BCUT2D eigenvalue weighted by atomic mass is 10.2. The second-order valence-electron chi connectivity index (χ2n) is 5.13. The number of pyridine rings is 1. The van der Waals surface area contributed by atoms with Crippen LogP contribution in [-0.2, 0) is 0 Å². The van der Waals surface area contributed by atoms with Gasteiger partial charge in [0.05, 0.1) is 0 Å². The summed E-state index contributed by atoms with van der Waals surface area (Å²) in [6, 6.07) is 3.66. The van der Waals surface area contributed by atoms with Crippen molar-refractivity contribution in [3.05, 3.63) is 23.4 Å². The van der Waals surface area contributed by atoms with Crippen LogP contribution in [0.15, 0.2) is 12.1 Å². The summed E-state index contributed by atoms with van der Waals surface area (Å²) < 4.78 is 0. The lowest BCUT2D eigenvalue weighted by molar-refractivity contribution is 0.0953. The smallest absolute Gasteiger partial charge is 0.251 e. The first-order valence-corrected chi connectivity index (χ1v) is 7.68. The maximum absolute atomic E-state index is 12.1. The van der Waals surface area contributed by atoms with Gasteiger partial charge in [-0.2, -0.15) is 0 Å². The lowest BCUT2D eigenvalue weighted by Gasteiger charge is -2.09. The van der Waals surface area contributed by atoms with Crippen molar-refractivity contribution in [3.63, 3.8) is 0 Å². The highest BCUT2D eigenvalue weighted by Gasteiger charge is 2.07. The summed E-state index contributed by atoms with van der Waals surface area (Å²) in [6.07, 6.45) is 5.70. The van der Waals surface area contributed by atoms with E-state index in [-0.39, 0.29) is 5.91 Å². The molecule has 4 heteroatoms. The third kappa shape index (κ3) is 6.04. The number of rotatable bonds is 9. The molecule has 1 heterocycles. The van der Waals surface area contributed by atoms with Gasteiger partial charge in [-0.1, -0.05) is 33.1 Å². The number of carbonyl (C=O) groups excluding carboxylic acids is 1. The third-order valence-electron chi connectivity index (χ3n) is 3.09. The minimum absolute atomic E-state index is 0.00783. The van der Waals surface area contributed by atoms with E-state index in [0.717, 1.165) is 37.4 Å². The molecule has 0 radical (unpaired) electrons. The third-order valence-corrected chi connectivity index (χ3v) is 3.09. The fourth-order valence-electron chi connectivity index (χ4n) is 2.00. The lowest BCUT2D eigenvalue weighted by Crippen LogP contribution is -2.24. The van der Waals surface area contributed by atoms with Gasteiger partial charge in [0.15, 0.2) is 0 Å². The Morgan fingerprint density at radius 2 is 1.90 bits per heavy atom. The van der Waals surface area contributed by atoms with Crippen molar-refractivity contribution in [2.45, 2.75) is 52.9 Å². The van der Waals surface area contributed by atoms with Crippen LogP contribution in [0.5, 0.6) is 0 Å². The largest absolute Gasteiger partial charge is 0.370 e. The number of anilines is 1. The molecule has 0 unspecified atom stereocenters. The molecule has 2 N–H and O–H groups in total. The fourth-order valence-corrected chi connectivity index (χ4v) is 2.00. The molecule has 0 aliphatic carbocycles. The summed E-state index contributed by atoms with van der Waals surface area (Å²) in [7, 11) is 0. The van der Waals surface area contributed by atoms with Gasteiger partial charge in [-0.15, -0.1) is 0 Å². The first kappa shape index (κ1) is 16.5. The summed E-state index contributed by atoms with van der Waals surface area (Å²) in [5, 5.41) is 6.20. The van der Waals surface area contributed by atoms with E-state index in [9.17, 15) is 4.79 Å². The van der Waals surface area contributed by atoms with E-state index in [1.807, 2.05) is 19.1 Å². The Morgan fingerprint density at radius 3 is 2.60 bits per heavy atom. The van der Waals surface area contributed by atoms with Crippen molar-refractivity contribution in [2.24, 2.45) is 0 Å². The quantitative estimate of drug-likeness (QED) is 0.679. The van der Waals surface area contributed by atoms with Gasteiger partial charge in [0, 0.05) is 24.3 Å². The van der Waals surface area contributed by atoms with Gasteiger partial charge < -0.3 is 10.6 Å². The predicted molar refractivity (Wildman–Crippen MR) is 84.2 cm³/mol. The number of nitrogens with one attached hydrogen (secondary N) is 2. The van der Waals surface area contributed by atoms with E-state index in [4.69, 9.17) is 0 Å². The Balaban J connectivity index is 2.51. The van der Waals surface area contributed by atoms with Crippen molar-refractivity contribution in [1.82, 2.24) is 10.3 Å². The molecule has 0 aliphatic heterocycles. The van der Waals surface area contributed by atoms with Crippen LogP contribution in [0.2, 0.25) is 0 Å². The number of carbonyl (C=O) groups is 1. The van der Waals surface area contributed by atoms with Crippen LogP contribution in [0.25, 0.3) is 0 Å². The number of amides is 1. The highest BCUT2D eigenvalue weighted by atomic mass is 16.1. The zero-order valence-electron chi connectivity index (χ0n) is 13.0. The topological polar surface area (TPSA) is 54.0 Å².